The number of benzene rings is 1. The van der Waals surface area contributed by atoms with Crippen molar-refractivity contribution in [3.63, 3.8) is 0 Å². The van der Waals surface area contributed by atoms with E-state index in [2.05, 4.69) is 20.9 Å². The molecule has 2 heterocycles. The van der Waals surface area contributed by atoms with Crippen molar-refractivity contribution in [3.8, 4) is 6.01 Å². The van der Waals surface area contributed by atoms with E-state index in [0.717, 1.165) is 17.3 Å². The Balaban J connectivity index is 2.33. The lowest BCUT2D eigenvalue weighted by molar-refractivity contribution is 0.291. The lowest BCUT2D eigenvalue weighted by Crippen LogP contribution is -2.22. The highest BCUT2D eigenvalue weighted by Gasteiger charge is 2.14. The van der Waals surface area contributed by atoms with Gasteiger partial charge >= 0.3 is 0 Å². The molecule has 0 aliphatic carbocycles. The van der Waals surface area contributed by atoms with Gasteiger partial charge in [0.05, 0.1) is 17.5 Å². The SMILES string of the molecule is O=c1c2ccc(Br)cc2nc2n1CCCCO2. The van der Waals surface area contributed by atoms with Gasteiger partial charge in [-0.05, 0) is 31.0 Å². The predicted octanol–water partition coefficient (Wildman–Crippen LogP) is 2.33. The van der Waals surface area contributed by atoms with E-state index in [9.17, 15) is 4.79 Å². The fraction of sp³-hybridized carbons (Fsp3) is 0.333. The third-order valence-corrected chi connectivity index (χ3v) is 3.38. The van der Waals surface area contributed by atoms with Crippen molar-refractivity contribution >= 4 is 26.8 Å². The van der Waals surface area contributed by atoms with E-state index < -0.39 is 0 Å². The quantitative estimate of drug-likeness (QED) is 0.749. The summed E-state index contributed by atoms with van der Waals surface area (Å²) in [5.74, 6) is 0. The van der Waals surface area contributed by atoms with Crippen LogP contribution in [0.15, 0.2) is 27.5 Å². The summed E-state index contributed by atoms with van der Waals surface area (Å²) in [7, 11) is 0. The molecule has 0 saturated heterocycles. The van der Waals surface area contributed by atoms with Crippen LogP contribution in [0.25, 0.3) is 10.9 Å². The maximum atomic E-state index is 12.3. The van der Waals surface area contributed by atoms with Crippen LogP contribution in [-0.2, 0) is 6.54 Å². The molecule has 1 aliphatic heterocycles. The van der Waals surface area contributed by atoms with Crippen LogP contribution in [-0.4, -0.2) is 16.2 Å². The number of ether oxygens (including phenoxy) is 1. The fourth-order valence-corrected chi connectivity index (χ4v) is 2.37. The van der Waals surface area contributed by atoms with Gasteiger partial charge in [0.2, 0.25) is 0 Å². The highest BCUT2D eigenvalue weighted by atomic mass is 79.9. The Morgan fingerprint density at radius 1 is 1.35 bits per heavy atom. The van der Waals surface area contributed by atoms with Gasteiger partial charge < -0.3 is 4.74 Å². The molecule has 17 heavy (non-hydrogen) atoms. The van der Waals surface area contributed by atoms with Crippen molar-refractivity contribution in [2.24, 2.45) is 0 Å². The van der Waals surface area contributed by atoms with E-state index >= 15 is 0 Å². The van der Waals surface area contributed by atoms with Crippen LogP contribution >= 0.6 is 15.9 Å². The van der Waals surface area contributed by atoms with E-state index in [0.29, 0.717) is 30.1 Å². The molecule has 0 spiro atoms. The van der Waals surface area contributed by atoms with Gasteiger partial charge in [-0.25, -0.2) is 0 Å². The molecule has 0 unspecified atom stereocenters. The zero-order valence-electron chi connectivity index (χ0n) is 9.15. The molecule has 0 N–H and O–H groups in total. The lowest BCUT2D eigenvalue weighted by Gasteiger charge is -2.09. The molecule has 1 aromatic carbocycles. The summed E-state index contributed by atoms with van der Waals surface area (Å²) < 4.78 is 8.05. The normalized spacial score (nSPS) is 15.1. The predicted molar refractivity (Wildman–Crippen MR) is 68.4 cm³/mol. The third-order valence-electron chi connectivity index (χ3n) is 2.89. The van der Waals surface area contributed by atoms with Crippen molar-refractivity contribution in [2.45, 2.75) is 19.4 Å². The van der Waals surface area contributed by atoms with Gasteiger partial charge in [-0.1, -0.05) is 15.9 Å². The van der Waals surface area contributed by atoms with E-state index in [-0.39, 0.29) is 5.56 Å². The monoisotopic (exact) mass is 294 g/mol. The number of aromatic nitrogens is 2. The second kappa shape index (κ2) is 4.14. The van der Waals surface area contributed by atoms with Gasteiger partial charge in [0, 0.05) is 11.0 Å². The third kappa shape index (κ3) is 1.84. The van der Waals surface area contributed by atoms with Crippen LogP contribution in [0.5, 0.6) is 6.01 Å². The maximum Gasteiger partial charge on any atom is 0.299 e. The van der Waals surface area contributed by atoms with E-state index in [1.165, 1.54) is 0 Å². The van der Waals surface area contributed by atoms with Gasteiger partial charge in [-0.15, -0.1) is 0 Å². The summed E-state index contributed by atoms with van der Waals surface area (Å²) in [6, 6.07) is 5.94. The molecule has 0 saturated carbocycles. The van der Waals surface area contributed by atoms with Crippen molar-refractivity contribution in [3.05, 3.63) is 33.0 Å². The van der Waals surface area contributed by atoms with Crippen LogP contribution in [0.2, 0.25) is 0 Å². The molecule has 4 nitrogen and oxygen atoms in total. The summed E-state index contributed by atoms with van der Waals surface area (Å²) in [5.41, 5.74) is 0.664. The van der Waals surface area contributed by atoms with E-state index in [1.54, 1.807) is 10.6 Å². The number of nitrogens with zero attached hydrogens (tertiary/aromatic N) is 2. The van der Waals surface area contributed by atoms with Crippen molar-refractivity contribution in [1.29, 1.82) is 0 Å². The molecule has 1 aromatic heterocycles. The molecule has 5 heteroatoms. The standard InChI is InChI=1S/C12H11BrN2O2/c13-8-3-4-9-10(7-8)14-12-15(11(9)16)5-1-2-6-17-12/h3-4,7H,1-2,5-6H2. The molecule has 1 aliphatic rings. The van der Waals surface area contributed by atoms with Crippen LogP contribution < -0.4 is 10.3 Å². The Morgan fingerprint density at radius 3 is 3.12 bits per heavy atom. The van der Waals surface area contributed by atoms with E-state index in [1.807, 2.05) is 12.1 Å². The number of hydrogen-bond donors (Lipinski definition) is 0. The summed E-state index contributed by atoms with van der Waals surface area (Å²) in [4.78, 5) is 16.7. The zero-order chi connectivity index (χ0) is 11.8. The van der Waals surface area contributed by atoms with Gasteiger partial charge in [-0.2, -0.15) is 4.98 Å². The summed E-state index contributed by atoms with van der Waals surface area (Å²) >= 11 is 3.38. The molecule has 88 valence electrons. The van der Waals surface area contributed by atoms with Gasteiger partial charge in [0.25, 0.3) is 11.6 Å². The molecule has 0 atom stereocenters. The smallest absolute Gasteiger partial charge is 0.299 e. The molecule has 3 rings (SSSR count). The van der Waals surface area contributed by atoms with Gasteiger partial charge in [-0.3, -0.25) is 9.36 Å². The lowest BCUT2D eigenvalue weighted by atomic mass is 10.2. The average Bonchev–Trinajstić information content (AvgIpc) is 2.54. The number of rotatable bonds is 0. The summed E-state index contributed by atoms with van der Waals surface area (Å²) in [6.07, 6.45) is 1.92. The van der Waals surface area contributed by atoms with Crippen LogP contribution in [0, 0.1) is 0 Å². The fourth-order valence-electron chi connectivity index (χ4n) is 2.02. The minimum absolute atomic E-state index is 0.0144. The number of hydrogen-bond acceptors (Lipinski definition) is 3. The first-order valence-electron chi connectivity index (χ1n) is 5.58. The molecule has 2 aromatic rings. The van der Waals surface area contributed by atoms with Gasteiger partial charge in [0.1, 0.15) is 0 Å². The zero-order valence-corrected chi connectivity index (χ0v) is 10.7. The molecular formula is C12H11BrN2O2. The van der Waals surface area contributed by atoms with E-state index in [4.69, 9.17) is 4.74 Å². The van der Waals surface area contributed by atoms with Crippen LogP contribution in [0.1, 0.15) is 12.8 Å². The second-order valence-corrected chi connectivity index (χ2v) is 4.98. The Bertz CT molecular complexity index is 636. The molecule has 0 bridgehead atoms. The largest absolute Gasteiger partial charge is 0.465 e. The van der Waals surface area contributed by atoms with Crippen molar-refractivity contribution < 1.29 is 4.74 Å². The van der Waals surface area contributed by atoms with Crippen LogP contribution in [0.4, 0.5) is 0 Å². The average molecular weight is 295 g/mol. The molecular weight excluding hydrogens is 284 g/mol. The number of halogens is 1. The minimum atomic E-state index is -0.0144. The Morgan fingerprint density at radius 2 is 2.24 bits per heavy atom. The molecule has 0 amide bonds. The Kier molecular flexibility index (Phi) is 2.63. The van der Waals surface area contributed by atoms with Gasteiger partial charge in [0.15, 0.2) is 0 Å². The second-order valence-electron chi connectivity index (χ2n) is 4.07. The van der Waals surface area contributed by atoms with Crippen LogP contribution in [0.3, 0.4) is 0 Å². The number of fused-ring (bicyclic) bond motifs is 2. The first kappa shape index (κ1) is 10.8. The highest BCUT2D eigenvalue weighted by Crippen LogP contribution is 2.19. The van der Waals surface area contributed by atoms with Crippen molar-refractivity contribution in [1.82, 2.24) is 9.55 Å². The minimum Gasteiger partial charge on any atom is -0.465 e. The Hall–Kier alpha value is -1.36. The first-order chi connectivity index (χ1) is 8.25. The molecule has 0 fully saturated rings. The van der Waals surface area contributed by atoms with Crippen molar-refractivity contribution in [2.75, 3.05) is 6.61 Å². The first-order valence-corrected chi connectivity index (χ1v) is 6.38. The topological polar surface area (TPSA) is 44.1 Å². The summed E-state index contributed by atoms with van der Waals surface area (Å²) in [6.45, 7) is 1.32. The maximum absolute atomic E-state index is 12.3. The highest BCUT2D eigenvalue weighted by molar-refractivity contribution is 9.10. The Labute approximate surface area is 106 Å². The summed E-state index contributed by atoms with van der Waals surface area (Å²) in [5, 5.41) is 0.641. The molecule has 0 radical (unpaired) electrons.